The topological polar surface area (TPSA) is 82.3 Å². The van der Waals surface area contributed by atoms with Crippen LogP contribution in [0.3, 0.4) is 0 Å². The van der Waals surface area contributed by atoms with Crippen LogP contribution in [0, 0.1) is 0 Å². The van der Waals surface area contributed by atoms with E-state index in [1.54, 1.807) is 0 Å². The molecule has 0 amide bonds. The average Bonchev–Trinajstić information content (AvgIpc) is 3.43. The van der Waals surface area contributed by atoms with E-state index in [4.69, 9.17) is 0 Å². The van der Waals surface area contributed by atoms with Crippen molar-refractivity contribution < 1.29 is 0 Å². The number of pyridine rings is 2. The highest BCUT2D eigenvalue weighted by Gasteiger charge is 2.15. The van der Waals surface area contributed by atoms with Crippen LogP contribution in [-0.4, -0.2) is 38.2 Å². The van der Waals surface area contributed by atoms with Gasteiger partial charge in [0.25, 0.3) is 0 Å². The summed E-state index contributed by atoms with van der Waals surface area (Å²) < 4.78 is 0. The first-order chi connectivity index (χ1) is 14.9. The van der Waals surface area contributed by atoms with Crippen LogP contribution in [0.15, 0.2) is 67.1 Å². The fourth-order valence-corrected chi connectivity index (χ4v) is 4.22. The lowest BCUT2D eigenvalue weighted by molar-refractivity contribution is 0.737. The molecule has 1 aliphatic heterocycles. The standard InChI is InChI=1S/C24H20N6/c1-2-17(15-4-8-25-9-5-15)18-12-22(28-20(18)3-1)24-19-13-21(16-6-10-26-11-7-16)27-14-23(19)29-30-24/h1-6,8-9,12-14,26,28H,7,10-11H2,(H,29,30). The molecule has 0 atom stereocenters. The van der Waals surface area contributed by atoms with Crippen molar-refractivity contribution in [2.24, 2.45) is 0 Å². The molecule has 6 heteroatoms. The largest absolute Gasteiger partial charge is 0.353 e. The summed E-state index contributed by atoms with van der Waals surface area (Å²) >= 11 is 0. The number of hydrogen-bond donors (Lipinski definition) is 3. The molecule has 0 fully saturated rings. The van der Waals surface area contributed by atoms with Gasteiger partial charge in [-0.25, -0.2) is 0 Å². The molecule has 0 radical (unpaired) electrons. The van der Waals surface area contributed by atoms with Gasteiger partial charge in [0.05, 0.1) is 23.1 Å². The summed E-state index contributed by atoms with van der Waals surface area (Å²) in [5.74, 6) is 0. The number of H-pyrrole nitrogens is 2. The van der Waals surface area contributed by atoms with Crippen LogP contribution in [0.5, 0.6) is 0 Å². The first-order valence-electron chi connectivity index (χ1n) is 10.1. The Morgan fingerprint density at radius 2 is 1.87 bits per heavy atom. The van der Waals surface area contributed by atoms with E-state index in [1.165, 1.54) is 16.5 Å². The van der Waals surface area contributed by atoms with Gasteiger partial charge in [0.2, 0.25) is 0 Å². The Morgan fingerprint density at radius 3 is 2.73 bits per heavy atom. The third kappa shape index (κ3) is 2.81. The van der Waals surface area contributed by atoms with Crippen molar-refractivity contribution in [3.05, 3.63) is 72.8 Å². The second-order valence-electron chi connectivity index (χ2n) is 7.56. The van der Waals surface area contributed by atoms with E-state index in [-0.39, 0.29) is 0 Å². The maximum absolute atomic E-state index is 4.65. The van der Waals surface area contributed by atoms with Gasteiger partial charge in [0, 0.05) is 35.2 Å². The van der Waals surface area contributed by atoms with Crippen molar-refractivity contribution in [2.75, 3.05) is 13.1 Å². The highest BCUT2D eigenvalue weighted by molar-refractivity contribution is 6.01. The lowest BCUT2D eigenvalue weighted by Gasteiger charge is -2.13. The zero-order chi connectivity index (χ0) is 19.9. The molecule has 30 heavy (non-hydrogen) atoms. The van der Waals surface area contributed by atoms with Gasteiger partial charge in [-0.05, 0) is 60.0 Å². The van der Waals surface area contributed by atoms with Crippen molar-refractivity contribution in [3.63, 3.8) is 0 Å². The number of hydrogen-bond acceptors (Lipinski definition) is 4. The lowest BCUT2D eigenvalue weighted by Crippen LogP contribution is -2.20. The number of aromatic amines is 2. The van der Waals surface area contributed by atoms with Gasteiger partial charge in [-0.3, -0.25) is 15.1 Å². The van der Waals surface area contributed by atoms with Gasteiger partial charge < -0.3 is 10.3 Å². The molecule has 4 aromatic heterocycles. The Hall–Kier alpha value is -3.77. The molecule has 146 valence electrons. The van der Waals surface area contributed by atoms with Crippen molar-refractivity contribution in [1.29, 1.82) is 0 Å². The number of fused-ring (bicyclic) bond motifs is 2. The molecule has 5 heterocycles. The third-order valence-corrected chi connectivity index (χ3v) is 5.75. The molecule has 0 aliphatic carbocycles. The average molecular weight is 392 g/mol. The maximum Gasteiger partial charge on any atom is 0.116 e. The Morgan fingerprint density at radius 1 is 0.933 bits per heavy atom. The van der Waals surface area contributed by atoms with Crippen LogP contribution in [0.1, 0.15) is 12.1 Å². The minimum Gasteiger partial charge on any atom is -0.353 e. The van der Waals surface area contributed by atoms with Crippen LogP contribution in [0.25, 0.3) is 49.9 Å². The zero-order valence-electron chi connectivity index (χ0n) is 16.3. The normalized spacial score (nSPS) is 14.3. The molecule has 1 aliphatic rings. The van der Waals surface area contributed by atoms with E-state index in [1.807, 2.05) is 30.7 Å². The van der Waals surface area contributed by atoms with Crippen LogP contribution in [-0.2, 0) is 0 Å². The fraction of sp³-hybridized carbons (Fsp3) is 0.125. The van der Waals surface area contributed by atoms with Crippen LogP contribution in [0.4, 0.5) is 0 Å². The summed E-state index contributed by atoms with van der Waals surface area (Å²) in [6.07, 6.45) is 8.75. The SMILES string of the molecule is C1=C(c2cc3c(-c4cc5c(-c6ccncc6)cccc5[nH]4)n[nH]c3cn2)CCNC1. The first-order valence-corrected chi connectivity index (χ1v) is 10.1. The molecule has 0 unspecified atom stereocenters. The molecule has 0 saturated heterocycles. The monoisotopic (exact) mass is 392 g/mol. The van der Waals surface area contributed by atoms with Gasteiger partial charge >= 0.3 is 0 Å². The Kier molecular flexibility index (Phi) is 3.95. The predicted octanol–water partition coefficient (Wildman–Crippen LogP) is 4.54. The second kappa shape index (κ2) is 6.93. The van der Waals surface area contributed by atoms with E-state index in [0.717, 1.165) is 58.6 Å². The van der Waals surface area contributed by atoms with E-state index in [9.17, 15) is 0 Å². The summed E-state index contributed by atoms with van der Waals surface area (Å²) in [7, 11) is 0. The fourth-order valence-electron chi connectivity index (χ4n) is 4.22. The smallest absolute Gasteiger partial charge is 0.116 e. The second-order valence-corrected chi connectivity index (χ2v) is 7.56. The number of nitrogens with one attached hydrogen (secondary N) is 3. The first kappa shape index (κ1) is 17.1. The van der Waals surface area contributed by atoms with E-state index in [2.05, 4.69) is 66.9 Å². The van der Waals surface area contributed by atoms with Crippen molar-refractivity contribution in [3.8, 4) is 22.5 Å². The number of aromatic nitrogens is 5. The lowest BCUT2D eigenvalue weighted by atomic mass is 10.0. The van der Waals surface area contributed by atoms with E-state index < -0.39 is 0 Å². The van der Waals surface area contributed by atoms with Crippen LogP contribution in [0.2, 0.25) is 0 Å². The quantitative estimate of drug-likeness (QED) is 0.421. The minimum absolute atomic E-state index is 0.896. The molecule has 6 nitrogen and oxygen atoms in total. The summed E-state index contributed by atoms with van der Waals surface area (Å²) in [5, 5.41) is 13.4. The maximum atomic E-state index is 4.65. The van der Waals surface area contributed by atoms with E-state index in [0.29, 0.717) is 0 Å². The molecule has 0 bridgehead atoms. The Labute approximate surface area is 173 Å². The summed E-state index contributed by atoms with van der Waals surface area (Å²) in [6.45, 7) is 1.89. The number of rotatable bonds is 3. The van der Waals surface area contributed by atoms with Gasteiger partial charge in [-0.2, -0.15) is 5.10 Å². The van der Waals surface area contributed by atoms with Crippen molar-refractivity contribution >= 4 is 27.4 Å². The molecular weight excluding hydrogens is 372 g/mol. The summed E-state index contributed by atoms with van der Waals surface area (Å²) in [5.41, 5.74) is 8.59. The molecule has 3 N–H and O–H groups in total. The minimum atomic E-state index is 0.896. The molecule has 0 spiro atoms. The third-order valence-electron chi connectivity index (χ3n) is 5.75. The molecule has 0 saturated carbocycles. The van der Waals surface area contributed by atoms with Crippen molar-refractivity contribution in [2.45, 2.75) is 6.42 Å². The molecular formula is C24H20N6. The van der Waals surface area contributed by atoms with Crippen LogP contribution >= 0.6 is 0 Å². The van der Waals surface area contributed by atoms with Crippen LogP contribution < -0.4 is 5.32 Å². The summed E-state index contributed by atoms with van der Waals surface area (Å²) in [6, 6.07) is 14.7. The number of nitrogens with zero attached hydrogens (tertiary/aromatic N) is 3. The molecule has 1 aromatic carbocycles. The van der Waals surface area contributed by atoms with Gasteiger partial charge in [0.15, 0.2) is 0 Å². The Bertz CT molecular complexity index is 1390. The molecule has 6 rings (SSSR count). The highest BCUT2D eigenvalue weighted by atomic mass is 15.1. The van der Waals surface area contributed by atoms with Gasteiger partial charge in [0.1, 0.15) is 5.69 Å². The molecule has 5 aromatic rings. The highest BCUT2D eigenvalue weighted by Crippen LogP contribution is 2.34. The van der Waals surface area contributed by atoms with Crippen molar-refractivity contribution in [1.82, 2.24) is 30.5 Å². The summed E-state index contributed by atoms with van der Waals surface area (Å²) in [4.78, 5) is 12.3. The van der Waals surface area contributed by atoms with Gasteiger partial charge in [-0.15, -0.1) is 0 Å². The van der Waals surface area contributed by atoms with Gasteiger partial charge in [-0.1, -0.05) is 18.2 Å². The van der Waals surface area contributed by atoms with E-state index >= 15 is 0 Å². The number of benzene rings is 1. The predicted molar refractivity (Wildman–Crippen MR) is 120 cm³/mol. The Balaban J connectivity index is 1.50. The zero-order valence-corrected chi connectivity index (χ0v) is 16.3.